The molecular weight excluding hydrogens is 523 g/mol. The molecule has 1 unspecified atom stereocenters. The van der Waals surface area contributed by atoms with E-state index in [4.69, 9.17) is 14.5 Å². The molecule has 0 aromatic heterocycles. The Bertz CT molecular complexity index is 1590. The van der Waals surface area contributed by atoms with Crippen molar-refractivity contribution in [2.45, 2.75) is 5.92 Å². The summed E-state index contributed by atoms with van der Waals surface area (Å²) < 4.78 is 51.2. The third kappa shape index (κ3) is 5.64. The first-order chi connectivity index (χ1) is 18.6. The number of amides is 1. The number of ether oxygens (including phenoxy) is 2. The molecule has 1 amide bonds. The number of aliphatic imine (C=N–C) groups is 1. The van der Waals surface area contributed by atoms with Gasteiger partial charge in [0.15, 0.2) is 11.5 Å². The van der Waals surface area contributed by atoms with Gasteiger partial charge in [-0.2, -0.15) is 0 Å². The summed E-state index contributed by atoms with van der Waals surface area (Å²) in [6, 6.07) is 16.1. The average Bonchev–Trinajstić information content (AvgIpc) is 3.21. The number of carbonyl (C=O) groups excluding carboxylic acids is 1. The molecule has 3 aromatic rings. The lowest BCUT2D eigenvalue weighted by molar-refractivity contribution is -0.115. The number of hydrogen-bond donors (Lipinski definition) is 1. The van der Waals surface area contributed by atoms with Gasteiger partial charge in [-0.1, -0.05) is 6.07 Å². The molecule has 2 heterocycles. The number of anilines is 2. The Hall–Kier alpha value is -4.22. The van der Waals surface area contributed by atoms with Gasteiger partial charge in [-0.25, -0.2) is 12.8 Å². The maximum Gasteiger partial charge on any atom is 0.238 e. The van der Waals surface area contributed by atoms with Crippen LogP contribution in [0, 0.1) is 5.82 Å². The number of rotatable bonds is 8. The Morgan fingerprint density at radius 1 is 0.974 bits per heavy atom. The molecule has 0 spiro atoms. The van der Waals surface area contributed by atoms with Gasteiger partial charge >= 0.3 is 0 Å². The summed E-state index contributed by atoms with van der Waals surface area (Å²) in [7, 11) is 0.247. The van der Waals surface area contributed by atoms with Gasteiger partial charge in [0, 0.05) is 24.3 Å². The first kappa shape index (κ1) is 26.4. The lowest BCUT2D eigenvalue weighted by Crippen LogP contribution is -2.35. The van der Waals surface area contributed by atoms with E-state index in [0.29, 0.717) is 58.5 Å². The number of carbonyl (C=O) groups is 1. The molecule has 0 saturated heterocycles. The van der Waals surface area contributed by atoms with Crippen LogP contribution in [0.5, 0.6) is 11.5 Å². The smallest absolute Gasteiger partial charge is 0.238 e. The topological polar surface area (TPSA) is 101 Å². The molecule has 0 aliphatic carbocycles. The fourth-order valence-corrected chi connectivity index (χ4v) is 5.39. The third-order valence-corrected chi connectivity index (χ3v) is 7.54. The highest BCUT2D eigenvalue weighted by Gasteiger charge is 2.36. The molecule has 0 fully saturated rings. The Kier molecular flexibility index (Phi) is 7.11. The van der Waals surface area contributed by atoms with Crippen molar-refractivity contribution in [2.75, 3.05) is 43.1 Å². The number of hydrogen-bond acceptors (Lipinski definition) is 7. The van der Waals surface area contributed by atoms with Crippen LogP contribution in [0.15, 0.2) is 78.2 Å². The van der Waals surface area contributed by atoms with Crippen molar-refractivity contribution >= 4 is 38.7 Å². The van der Waals surface area contributed by atoms with Gasteiger partial charge in [0.05, 0.1) is 23.3 Å². The predicted octanol–water partition coefficient (Wildman–Crippen LogP) is 4.25. The number of benzene rings is 3. The van der Waals surface area contributed by atoms with Crippen molar-refractivity contribution < 1.29 is 27.1 Å². The molecule has 5 rings (SSSR count). The summed E-state index contributed by atoms with van der Waals surface area (Å²) in [5, 5.41) is 2.75. The molecule has 11 heteroatoms. The zero-order chi connectivity index (χ0) is 27.7. The molecule has 202 valence electrons. The second-order valence-electron chi connectivity index (χ2n) is 9.48. The summed E-state index contributed by atoms with van der Waals surface area (Å²) in [5.74, 6) is -0.638. The molecular formula is C28H27FN4O5S. The van der Waals surface area contributed by atoms with Crippen molar-refractivity contribution in [1.29, 1.82) is 0 Å². The van der Waals surface area contributed by atoms with Gasteiger partial charge in [-0.15, -0.1) is 0 Å². The predicted molar refractivity (Wildman–Crippen MR) is 148 cm³/mol. The number of nitrogens with one attached hydrogen (secondary N) is 1. The van der Waals surface area contributed by atoms with Gasteiger partial charge in [0.25, 0.3) is 0 Å². The highest BCUT2D eigenvalue weighted by Crippen LogP contribution is 2.39. The van der Waals surface area contributed by atoms with Crippen LogP contribution in [-0.4, -0.2) is 58.4 Å². The van der Waals surface area contributed by atoms with Crippen LogP contribution in [-0.2, 0) is 14.8 Å². The van der Waals surface area contributed by atoms with Gasteiger partial charge in [-0.3, -0.25) is 14.1 Å². The van der Waals surface area contributed by atoms with Gasteiger partial charge in [0.2, 0.25) is 15.9 Å². The van der Waals surface area contributed by atoms with Crippen LogP contribution >= 0.6 is 0 Å². The van der Waals surface area contributed by atoms with Crippen LogP contribution in [0.3, 0.4) is 0 Å². The molecule has 9 nitrogen and oxygen atoms in total. The van der Waals surface area contributed by atoms with E-state index in [9.17, 15) is 17.6 Å². The molecule has 0 bridgehead atoms. The van der Waals surface area contributed by atoms with Crippen molar-refractivity contribution in [3.8, 4) is 11.5 Å². The Morgan fingerprint density at radius 2 is 1.69 bits per heavy atom. The molecule has 2 aliphatic rings. The molecule has 3 aromatic carbocycles. The van der Waals surface area contributed by atoms with Crippen LogP contribution in [0.25, 0.3) is 0 Å². The monoisotopic (exact) mass is 550 g/mol. The van der Waals surface area contributed by atoms with E-state index in [1.807, 2.05) is 19.0 Å². The van der Waals surface area contributed by atoms with Gasteiger partial charge in [0.1, 0.15) is 24.3 Å². The maximum absolute atomic E-state index is 13.9. The third-order valence-electron chi connectivity index (χ3n) is 6.34. The van der Waals surface area contributed by atoms with Crippen LogP contribution in [0.2, 0.25) is 0 Å². The van der Waals surface area contributed by atoms with E-state index in [-0.39, 0.29) is 5.91 Å². The lowest BCUT2D eigenvalue weighted by Gasteiger charge is -2.24. The largest absolute Gasteiger partial charge is 0.458 e. The minimum atomic E-state index is -3.50. The zero-order valence-electron chi connectivity index (χ0n) is 21.6. The normalized spacial score (nSPS) is 16.3. The Labute approximate surface area is 226 Å². The molecule has 2 aliphatic heterocycles. The highest BCUT2D eigenvalue weighted by molar-refractivity contribution is 7.92. The number of sulfonamides is 1. The Balaban J connectivity index is 1.57. The van der Waals surface area contributed by atoms with E-state index < -0.39 is 21.8 Å². The van der Waals surface area contributed by atoms with Crippen molar-refractivity contribution in [3.63, 3.8) is 0 Å². The van der Waals surface area contributed by atoms with E-state index in [1.165, 1.54) is 35.2 Å². The van der Waals surface area contributed by atoms with Gasteiger partial charge < -0.3 is 19.7 Å². The quantitative estimate of drug-likeness (QED) is 0.421. The van der Waals surface area contributed by atoms with E-state index in [2.05, 4.69) is 5.32 Å². The zero-order valence-corrected chi connectivity index (χ0v) is 22.4. The first-order valence-corrected chi connectivity index (χ1v) is 14.0. The fourth-order valence-electron chi connectivity index (χ4n) is 4.47. The van der Waals surface area contributed by atoms with Crippen LogP contribution in [0.4, 0.5) is 21.5 Å². The average molecular weight is 551 g/mol. The number of nitrogens with zero attached hydrogens (tertiary/aromatic N) is 3. The molecule has 39 heavy (non-hydrogen) atoms. The minimum Gasteiger partial charge on any atom is -0.458 e. The maximum atomic E-state index is 13.9. The Morgan fingerprint density at radius 3 is 2.38 bits per heavy atom. The van der Waals surface area contributed by atoms with Crippen molar-refractivity contribution in [1.82, 2.24) is 4.90 Å². The van der Waals surface area contributed by atoms with E-state index >= 15 is 0 Å². The summed E-state index contributed by atoms with van der Waals surface area (Å²) in [4.78, 5) is 19.9. The molecule has 1 atom stereocenters. The summed E-state index contributed by atoms with van der Waals surface area (Å²) in [6.45, 7) is 0.841. The molecule has 1 N–H and O–H groups in total. The molecule has 0 radical (unpaired) electrons. The second kappa shape index (κ2) is 10.5. The fraction of sp³-hybridized carbons (Fsp3) is 0.214. The minimum absolute atomic E-state index is 0.293. The number of likely N-dealkylation sites (N-methyl/N-ethyl adjacent to an activating group) is 1. The van der Waals surface area contributed by atoms with Gasteiger partial charge in [-0.05, 0) is 74.3 Å². The second-order valence-corrected chi connectivity index (χ2v) is 11.4. The molecule has 0 saturated carbocycles. The van der Waals surface area contributed by atoms with E-state index in [1.54, 1.807) is 48.5 Å². The van der Waals surface area contributed by atoms with Crippen molar-refractivity contribution in [3.05, 3.63) is 90.1 Å². The van der Waals surface area contributed by atoms with Crippen molar-refractivity contribution in [2.24, 2.45) is 4.99 Å². The van der Waals surface area contributed by atoms with Crippen LogP contribution < -0.4 is 19.1 Å². The van der Waals surface area contributed by atoms with Crippen LogP contribution in [0.1, 0.15) is 17.0 Å². The highest BCUT2D eigenvalue weighted by atomic mass is 32.2. The number of halogens is 1. The first-order valence-electron chi connectivity index (χ1n) is 12.1. The standard InChI is InChI=1S/C28H27FN4O5S/c1-32(2)12-13-33(39(3,35)36)21-8-6-20(7-9-21)30-27(18-4-11-24-25(16-18)38-15-14-37-24)26-22-10-5-19(29)17-23(22)31-28(26)34/h4-11,14-17,26H,12-13H2,1-3H3,(H,31,34). The SMILES string of the molecule is CN(C)CCN(c1ccc(N=C(c2ccc3c(c2)OC=CO3)C2C(=O)Nc3cc(F)ccc32)cc1)S(C)(=O)=O. The summed E-state index contributed by atoms with van der Waals surface area (Å²) >= 11 is 0. The summed E-state index contributed by atoms with van der Waals surface area (Å²) in [6.07, 6.45) is 4.00. The number of fused-ring (bicyclic) bond motifs is 2. The summed E-state index contributed by atoms with van der Waals surface area (Å²) in [5.41, 5.74) is 3.02. The van der Waals surface area contributed by atoms with E-state index in [0.717, 1.165) is 0 Å². The lowest BCUT2D eigenvalue weighted by atomic mass is 9.90.